The second-order valence-electron chi connectivity index (χ2n) is 3.70. The molecule has 0 aliphatic carbocycles. The molecule has 1 atom stereocenters. The topological polar surface area (TPSA) is 25.2 Å². The van der Waals surface area contributed by atoms with Gasteiger partial charge in [0.25, 0.3) is 0 Å². The minimum Gasteiger partial charge on any atom is -0.389 e. The highest BCUT2D eigenvalue weighted by Crippen LogP contribution is 2.39. The zero-order valence-corrected chi connectivity index (χ0v) is 11.0. The van der Waals surface area contributed by atoms with Crippen LogP contribution in [0.5, 0.6) is 0 Å². The van der Waals surface area contributed by atoms with Gasteiger partial charge in [0.15, 0.2) is 0 Å². The molecule has 2 rings (SSSR count). The fraction of sp³-hybridized carbons (Fsp3) is 0.273. The van der Waals surface area contributed by atoms with E-state index in [4.69, 9.17) is 34.8 Å². The van der Waals surface area contributed by atoms with Gasteiger partial charge in [-0.3, -0.25) is 0 Å². The number of benzene rings is 1. The number of halogens is 3. The number of rotatable bonds is 1. The lowest BCUT2D eigenvalue weighted by atomic mass is 10.1. The van der Waals surface area contributed by atoms with Crippen molar-refractivity contribution in [2.75, 3.05) is 0 Å². The summed E-state index contributed by atoms with van der Waals surface area (Å²) >= 11 is 18.2. The van der Waals surface area contributed by atoms with Crippen molar-refractivity contribution in [1.82, 2.24) is 4.57 Å². The maximum Gasteiger partial charge on any atom is 0.115 e. The standard InChI is InChI=1S/C11H10Cl3NO/c1-5(16)8-6-3-4-7(12)9(13)10(6)15(2)11(8)14/h3-5,16H,1-2H3. The molecule has 0 bridgehead atoms. The lowest BCUT2D eigenvalue weighted by Gasteiger charge is -2.03. The van der Waals surface area contributed by atoms with Crippen LogP contribution in [0.2, 0.25) is 15.2 Å². The second kappa shape index (κ2) is 4.11. The molecule has 0 fully saturated rings. The van der Waals surface area contributed by atoms with Gasteiger partial charge in [0.1, 0.15) is 5.15 Å². The Hall–Kier alpha value is -0.410. The molecule has 0 radical (unpaired) electrons. The number of hydrogen-bond donors (Lipinski definition) is 1. The van der Waals surface area contributed by atoms with Gasteiger partial charge in [0.2, 0.25) is 0 Å². The number of aryl methyl sites for hydroxylation is 1. The lowest BCUT2D eigenvalue weighted by molar-refractivity contribution is 0.201. The summed E-state index contributed by atoms with van der Waals surface area (Å²) < 4.78 is 1.73. The van der Waals surface area contributed by atoms with E-state index in [1.165, 1.54) is 0 Å². The Morgan fingerprint density at radius 1 is 1.25 bits per heavy atom. The van der Waals surface area contributed by atoms with E-state index in [1.54, 1.807) is 24.6 Å². The second-order valence-corrected chi connectivity index (χ2v) is 4.84. The smallest absolute Gasteiger partial charge is 0.115 e. The highest BCUT2D eigenvalue weighted by molar-refractivity contribution is 6.45. The van der Waals surface area contributed by atoms with Gasteiger partial charge >= 0.3 is 0 Å². The predicted molar refractivity (Wildman–Crippen MR) is 68.6 cm³/mol. The quantitative estimate of drug-likeness (QED) is 0.831. The van der Waals surface area contributed by atoms with Gasteiger partial charge in [-0.15, -0.1) is 0 Å². The molecule has 0 saturated heterocycles. The molecule has 1 aromatic heterocycles. The van der Waals surface area contributed by atoms with E-state index in [2.05, 4.69) is 0 Å². The van der Waals surface area contributed by atoms with Gasteiger partial charge in [-0.1, -0.05) is 40.9 Å². The first-order chi connectivity index (χ1) is 7.45. The number of fused-ring (bicyclic) bond motifs is 1. The zero-order chi connectivity index (χ0) is 12.0. The Morgan fingerprint density at radius 3 is 2.44 bits per heavy atom. The molecule has 2 aromatic rings. The highest BCUT2D eigenvalue weighted by atomic mass is 35.5. The van der Waals surface area contributed by atoms with E-state index >= 15 is 0 Å². The van der Waals surface area contributed by atoms with Crippen molar-refractivity contribution in [3.8, 4) is 0 Å². The summed E-state index contributed by atoms with van der Waals surface area (Å²) in [6.45, 7) is 1.67. The molecule has 2 nitrogen and oxygen atoms in total. The molecule has 16 heavy (non-hydrogen) atoms. The largest absolute Gasteiger partial charge is 0.389 e. The summed E-state index contributed by atoms with van der Waals surface area (Å²) in [6.07, 6.45) is -0.645. The van der Waals surface area contributed by atoms with Crippen molar-refractivity contribution in [2.24, 2.45) is 7.05 Å². The van der Waals surface area contributed by atoms with Gasteiger partial charge in [-0.2, -0.15) is 0 Å². The first-order valence-corrected chi connectivity index (χ1v) is 5.88. The molecule has 0 amide bonds. The summed E-state index contributed by atoms with van der Waals surface area (Å²) in [5, 5.41) is 11.9. The molecule has 1 aromatic carbocycles. The fourth-order valence-corrected chi connectivity index (χ4v) is 2.66. The van der Waals surface area contributed by atoms with Crippen LogP contribution in [0.1, 0.15) is 18.6 Å². The Bertz CT molecular complexity index is 560. The number of nitrogens with zero attached hydrogens (tertiary/aromatic N) is 1. The van der Waals surface area contributed by atoms with Crippen LogP contribution in [0.4, 0.5) is 0 Å². The van der Waals surface area contributed by atoms with Gasteiger partial charge in [-0.05, 0) is 13.0 Å². The summed E-state index contributed by atoms with van der Waals surface area (Å²) in [5.41, 5.74) is 1.42. The van der Waals surface area contributed by atoms with E-state index < -0.39 is 6.10 Å². The zero-order valence-electron chi connectivity index (χ0n) is 8.76. The van der Waals surface area contributed by atoms with Crippen LogP contribution in [-0.4, -0.2) is 9.67 Å². The minimum absolute atomic E-state index is 0.454. The fourth-order valence-electron chi connectivity index (χ4n) is 1.87. The van der Waals surface area contributed by atoms with Gasteiger partial charge in [0.05, 0.1) is 21.7 Å². The van der Waals surface area contributed by atoms with Crippen LogP contribution in [0.25, 0.3) is 10.9 Å². The third-order valence-electron chi connectivity index (χ3n) is 2.63. The van der Waals surface area contributed by atoms with Crippen molar-refractivity contribution in [2.45, 2.75) is 13.0 Å². The number of aromatic nitrogens is 1. The molecular formula is C11H10Cl3NO. The van der Waals surface area contributed by atoms with Gasteiger partial charge < -0.3 is 9.67 Å². The normalized spacial score (nSPS) is 13.4. The van der Waals surface area contributed by atoms with Crippen molar-refractivity contribution >= 4 is 45.7 Å². The average molecular weight is 279 g/mol. The molecule has 0 aliphatic heterocycles. The van der Waals surface area contributed by atoms with Crippen LogP contribution in [0.3, 0.4) is 0 Å². The average Bonchev–Trinajstić information content (AvgIpc) is 2.46. The number of hydrogen-bond acceptors (Lipinski definition) is 1. The Kier molecular flexibility index (Phi) is 3.10. The van der Waals surface area contributed by atoms with Crippen LogP contribution in [0, 0.1) is 0 Å². The predicted octanol–water partition coefficient (Wildman–Crippen LogP) is 4.19. The molecule has 1 N–H and O–H groups in total. The molecule has 1 heterocycles. The summed E-state index contributed by atoms with van der Waals surface area (Å²) in [7, 11) is 1.79. The van der Waals surface area contributed by atoms with E-state index in [1.807, 2.05) is 6.07 Å². The summed E-state index contributed by atoms with van der Waals surface area (Å²) in [4.78, 5) is 0. The Labute approximate surface area is 108 Å². The maximum absolute atomic E-state index is 9.70. The number of aliphatic hydroxyl groups excluding tert-OH is 1. The molecule has 0 saturated carbocycles. The van der Waals surface area contributed by atoms with Crippen molar-refractivity contribution in [3.63, 3.8) is 0 Å². The SMILES string of the molecule is CC(O)c1c(Cl)n(C)c2c(Cl)c(Cl)ccc12. The van der Waals surface area contributed by atoms with Crippen molar-refractivity contribution in [3.05, 3.63) is 32.9 Å². The number of aliphatic hydroxyl groups is 1. The van der Waals surface area contributed by atoms with Crippen molar-refractivity contribution < 1.29 is 5.11 Å². The minimum atomic E-state index is -0.645. The molecule has 5 heteroatoms. The monoisotopic (exact) mass is 277 g/mol. The Balaban J connectivity index is 2.96. The van der Waals surface area contributed by atoms with E-state index in [0.29, 0.717) is 20.8 Å². The van der Waals surface area contributed by atoms with Crippen molar-refractivity contribution in [1.29, 1.82) is 0 Å². The van der Waals surface area contributed by atoms with Crippen LogP contribution in [-0.2, 0) is 7.05 Å². The van der Waals surface area contributed by atoms with Gasteiger partial charge in [0, 0.05) is 18.0 Å². The van der Waals surface area contributed by atoms with E-state index in [-0.39, 0.29) is 0 Å². The van der Waals surface area contributed by atoms with Crippen LogP contribution < -0.4 is 0 Å². The molecule has 1 unspecified atom stereocenters. The molecule has 0 aliphatic rings. The Morgan fingerprint density at radius 2 is 1.88 bits per heavy atom. The van der Waals surface area contributed by atoms with Gasteiger partial charge in [-0.25, -0.2) is 0 Å². The molecular weight excluding hydrogens is 268 g/mol. The van der Waals surface area contributed by atoms with E-state index in [0.717, 1.165) is 10.9 Å². The third kappa shape index (κ3) is 1.61. The summed E-state index contributed by atoms with van der Waals surface area (Å²) in [5.74, 6) is 0. The summed E-state index contributed by atoms with van der Waals surface area (Å²) in [6, 6.07) is 3.52. The van der Waals surface area contributed by atoms with Crippen LogP contribution in [0.15, 0.2) is 12.1 Å². The highest BCUT2D eigenvalue weighted by Gasteiger charge is 2.20. The molecule has 86 valence electrons. The molecule has 0 spiro atoms. The maximum atomic E-state index is 9.70. The van der Waals surface area contributed by atoms with E-state index in [9.17, 15) is 5.11 Å². The first kappa shape index (κ1) is 12.1. The van der Waals surface area contributed by atoms with Crippen LogP contribution >= 0.6 is 34.8 Å². The third-order valence-corrected chi connectivity index (χ3v) is 3.88. The first-order valence-electron chi connectivity index (χ1n) is 4.75. The lowest BCUT2D eigenvalue weighted by Crippen LogP contribution is -1.91.